The van der Waals surface area contributed by atoms with Gasteiger partial charge in [0.1, 0.15) is 17.0 Å². The molecule has 0 fully saturated rings. The van der Waals surface area contributed by atoms with E-state index < -0.39 is 5.91 Å². The Bertz CT molecular complexity index is 928. The highest BCUT2D eigenvalue weighted by Crippen LogP contribution is 2.36. The van der Waals surface area contributed by atoms with E-state index in [0.717, 1.165) is 33.5 Å². The second-order valence-corrected chi connectivity index (χ2v) is 5.51. The van der Waals surface area contributed by atoms with Crippen LogP contribution in [-0.2, 0) is 7.05 Å². The average Bonchev–Trinajstić information content (AvgIpc) is 2.89. The summed E-state index contributed by atoms with van der Waals surface area (Å²) in [5, 5.41) is 4.26. The molecule has 3 rings (SSSR count). The summed E-state index contributed by atoms with van der Waals surface area (Å²) in [7, 11) is 3.49. The van der Waals surface area contributed by atoms with Crippen LogP contribution in [0.25, 0.3) is 22.2 Å². The van der Waals surface area contributed by atoms with Gasteiger partial charge in [-0.05, 0) is 42.7 Å². The van der Waals surface area contributed by atoms with E-state index in [4.69, 9.17) is 10.5 Å². The van der Waals surface area contributed by atoms with Gasteiger partial charge >= 0.3 is 0 Å². The van der Waals surface area contributed by atoms with Crippen LogP contribution in [0.5, 0.6) is 5.75 Å². The molecule has 118 valence electrons. The van der Waals surface area contributed by atoms with Gasteiger partial charge in [-0.2, -0.15) is 5.10 Å². The fraction of sp³-hybridized carbons (Fsp3) is 0.235. The van der Waals surface area contributed by atoms with E-state index in [1.807, 2.05) is 33.0 Å². The molecular weight excluding hydrogens is 292 g/mol. The first-order valence-corrected chi connectivity index (χ1v) is 7.21. The van der Waals surface area contributed by atoms with Crippen LogP contribution in [-0.4, -0.2) is 27.8 Å². The van der Waals surface area contributed by atoms with Crippen LogP contribution in [0.2, 0.25) is 0 Å². The third kappa shape index (κ3) is 2.32. The molecular formula is C17H18N4O2. The Balaban J connectivity index is 2.44. The molecule has 0 radical (unpaired) electrons. The normalized spacial score (nSPS) is 11.0. The minimum Gasteiger partial charge on any atom is -0.496 e. The van der Waals surface area contributed by atoms with Gasteiger partial charge in [0.05, 0.1) is 18.8 Å². The van der Waals surface area contributed by atoms with Gasteiger partial charge in [0.25, 0.3) is 5.91 Å². The van der Waals surface area contributed by atoms with E-state index in [9.17, 15) is 4.79 Å². The summed E-state index contributed by atoms with van der Waals surface area (Å²) in [5.74, 6) is 0.230. The lowest BCUT2D eigenvalue weighted by atomic mass is 9.94. The number of hydrogen-bond donors (Lipinski definition) is 1. The number of aryl methyl sites for hydroxylation is 2. The highest BCUT2D eigenvalue weighted by Gasteiger charge is 2.18. The fourth-order valence-corrected chi connectivity index (χ4v) is 2.97. The summed E-state index contributed by atoms with van der Waals surface area (Å²) in [6.07, 6.45) is 1.64. The van der Waals surface area contributed by atoms with Crippen molar-refractivity contribution < 1.29 is 9.53 Å². The molecule has 2 N–H and O–H groups in total. The Morgan fingerprint density at radius 3 is 2.70 bits per heavy atom. The predicted octanol–water partition coefficient (Wildman–Crippen LogP) is 2.36. The zero-order valence-corrected chi connectivity index (χ0v) is 13.5. The van der Waals surface area contributed by atoms with Gasteiger partial charge in [0, 0.05) is 12.6 Å². The van der Waals surface area contributed by atoms with Gasteiger partial charge in [-0.25, -0.2) is 4.98 Å². The largest absolute Gasteiger partial charge is 0.496 e. The fourth-order valence-electron chi connectivity index (χ4n) is 2.97. The van der Waals surface area contributed by atoms with Crippen LogP contribution in [0, 0.1) is 13.8 Å². The molecule has 0 unspecified atom stereocenters. The van der Waals surface area contributed by atoms with Crippen molar-refractivity contribution in [1.29, 1.82) is 0 Å². The number of amides is 1. The number of nitrogens with zero attached hydrogens (tertiary/aromatic N) is 3. The molecule has 0 aliphatic carbocycles. The minimum atomic E-state index is -0.560. The number of methoxy groups -OCH3 is 1. The van der Waals surface area contributed by atoms with Gasteiger partial charge < -0.3 is 10.5 Å². The number of benzene rings is 1. The van der Waals surface area contributed by atoms with Crippen LogP contribution in [0.1, 0.15) is 21.6 Å². The molecule has 6 nitrogen and oxygen atoms in total. The topological polar surface area (TPSA) is 83.0 Å². The highest BCUT2D eigenvalue weighted by molar-refractivity contribution is 6.00. The molecule has 2 heterocycles. The molecule has 0 bridgehead atoms. The number of fused-ring (bicyclic) bond motifs is 1. The lowest BCUT2D eigenvalue weighted by molar-refractivity contribution is 0.0996. The Morgan fingerprint density at radius 1 is 1.30 bits per heavy atom. The molecule has 0 saturated carbocycles. The first-order chi connectivity index (χ1) is 10.9. The van der Waals surface area contributed by atoms with Gasteiger partial charge in [0.2, 0.25) is 0 Å². The van der Waals surface area contributed by atoms with Crippen molar-refractivity contribution >= 4 is 16.9 Å². The summed E-state index contributed by atoms with van der Waals surface area (Å²) in [4.78, 5) is 15.9. The molecule has 6 heteroatoms. The first kappa shape index (κ1) is 15.0. The maximum atomic E-state index is 11.6. The van der Waals surface area contributed by atoms with Crippen LogP contribution >= 0.6 is 0 Å². The van der Waals surface area contributed by atoms with E-state index in [1.54, 1.807) is 24.1 Å². The maximum absolute atomic E-state index is 11.6. The van der Waals surface area contributed by atoms with Crippen molar-refractivity contribution in [2.75, 3.05) is 7.11 Å². The first-order valence-electron chi connectivity index (χ1n) is 7.21. The molecule has 2 aromatic heterocycles. The van der Waals surface area contributed by atoms with E-state index in [1.165, 1.54) is 0 Å². The van der Waals surface area contributed by atoms with Crippen LogP contribution in [0.4, 0.5) is 0 Å². The van der Waals surface area contributed by atoms with Crippen molar-refractivity contribution in [2.45, 2.75) is 13.8 Å². The number of primary amides is 1. The molecule has 0 saturated heterocycles. The number of hydrogen-bond acceptors (Lipinski definition) is 4. The molecule has 0 aliphatic heterocycles. The molecule has 0 atom stereocenters. The predicted molar refractivity (Wildman–Crippen MR) is 88.5 cm³/mol. The third-order valence-corrected chi connectivity index (χ3v) is 4.06. The molecule has 23 heavy (non-hydrogen) atoms. The molecule has 0 aliphatic rings. The van der Waals surface area contributed by atoms with E-state index in [2.05, 4.69) is 10.1 Å². The lowest BCUT2D eigenvalue weighted by Gasteiger charge is -2.15. The molecule has 1 amide bonds. The smallest absolute Gasteiger partial charge is 0.267 e. The Labute approximate surface area is 133 Å². The Morgan fingerprint density at radius 2 is 2.04 bits per heavy atom. The Hall–Kier alpha value is -2.89. The summed E-state index contributed by atoms with van der Waals surface area (Å²) < 4.78 is 7.18. The zero-order chi connectivity index (χ0) is 16.7. The number of carbonyl (C=O) groups excluding carboxylic acids is 1. The van der Waals surface area contributed by atoms with Gasteiger partial charge in [-0.1, -0.05) is 6.07 Å². The highest BCUT2D eigenvalue weighted by atomic mass is 16.5. The lowest BCUT2D eigenvalue weighted by Crippen LogP contribution is -2.13. The van der Waals surface area contributed by atoms with Crippen molar-refractivity contribution in [2.24, 2.45) is 12.8 Å². The van der Waals surface area contributed by atoms with Gasteiger partial charge in [-0.3, -0.25) is 9.48 Å². The monoisotopic (exact) mass is 310 g/mol. The third-order valence-electron chi connectivity index (χ3n) is 4.06. The molecule has 0 spiro atoms. The summed E-state index contributed by atoms with van der Waals surface area (Å²) >= 11 is 0. The average molecular weight is 310 g/mol. The number of rotatable bonds is 3. The standard InChI is InChI=1S/C17H18N4O2/c1-9-5-6-14(23-4)10(2)15(9)11-7-12(17(18)22)20-13-8-19-21(3)16(11)13/h5-8H,1-4H3,(H2,18,22). The SMILES string of the molecule is COc1ccc(C)c(-c2cc(C(N)=O)nc3cnn(C)c23)c1C. The number of aromatic nitrogens is 3. The van der Waals surface area contributed by atoms with Crippen LogP contribution in [0.3, 0.4) is 0 Å². The maximum Gasteiger partial charge on any atom is 0.267 e. The van der Waals surface area contributed by atoms with E-state index in [-0.39, 0.29) is 5.69 Å². The van der Waals surface area contributed by atoms with Crippen molar-refractivity contribution in [3.63, 3.8) is 0 Å². The zero-order valence-electron chi connectivity index (χ0n) is 13.5. The minimum absolute atomic E-state index is 0.224. The summed E-state index contributed by atoms with van der Waals surface area (Å²) in [6.45, 7) is 4.02. The summed E-state index contributed by atoms with van der Waals surface area (Å²) in [5.41, 5.74) is 11.1. The number of nitrogens with two attached hydrogens (primary N) is 1. The van der Waals surface area contributed by atoms with Gasteiger partial charge in [-0.15, -0.1) is 0 Å². The number of pyridine rings is 1. The van der Waals surface area contributed by atoms with E-state index >= 15 is 0 Å². The van der Waals surface area contributed by atoms with E-state index in [0.29, 0.717) is 5.52 Å². The summed E-state index contributed by atoms with van der Waals surface area (Å²) in [6, 6.07) is 5.65. The Kier molecular flexibility index (Phi) is 3.52. The van der Waals surface area contributed by atoms with Crippen molar-refractivity contribution in [3.8, 4) is 16.9 Å². The number of carbonyl (C=O) groups is 1. The number of ether oxygens (including phenoxy) is 1. The second kappa shape index (κ2) is 5.39. The molecule has 3 aromatic rings. The van der Waals surface area contributed by atoms with Crippen LogP contribution < -0.4 is 10.5 Å². The quantitative estimate of drug-likeness (QED) is 0.805. The second-order valence-electron chi connectivity index (χ2n) is 5.51. The van der Waals surface area contributed by atoms with Crippen LogP contribution in [0.15, 0.2) is 24.4 Å². The van der Waals surface area contributed by atoms with Crippen molar-refractivity contribution in [3.05, 3.63) is 41.2 Å². The van der Waals surface area contributed by atoms with Crippen molar-refractivity contribution in [1.82, 2.24) is 14.8 Å². The van der Waals surface area contributed by atoms with Gasteiger partial charge in [0.15, 0.2) is 0 Å². The molecule has 1 aromatic carbocycles.